The van der Waals surface area contributed by atoms with Crippen LogP contribution in [0.25, 0.3) is 0 Å². The molecule has 0 aromatic carbocycles. The molecule has 10 heavy (non-hydrogen) atoms. The highest BCUT2D eigenvalue weighted by Gasteiger charge is 2.21. The van der Waals surface area contributed by atoms with E-state index in [0.717, 1.165) is 0 Å². The maximum Gasteiger partial charge on any atom is 0.254 e. The number of quaternary nitrogens is 1. The van der Waals surface area contributed by atoms with Gasteiger partial charge in [0.15, 0.2) is 0 Å². The minimum Gasteiger partial charge on any atom is -0.702 e. The second-order valence-corrected chi connectivity index (χ2v) is 4.57. The van der Waals surface area contributed by atoms with Gasteiger partial charge in [-0.15, -0.1) is 0 Å². The van der Waals surface area contributed by atoms with Gasteiger partial charge in [-0.05, 0) is 6.42 Å². The first-order valence-electron chi connectivity index (χ1n) is 3.10. The molecule has 0 radical (unpaired) electrons. The van der Waals surface area contributed by atoms with E-state index in [9.17, 15) is 13.0 Å². The summed E-state index contributed by atoms with van der Waals surface area (Å²) in [6.07, 6.45) is 0.689. The average Bonchev–Trinajstić information content (AvgIpc) is 1.61. The van der Waals surface area contributed by atoms with Gasteiger partial charge in [-0.25, -0.2) is 3.89 Å². The maximum absolute atomic E-state index is 10.5. The Morgan fingerprint density at radius 3 is 1.90 bits per heavy atom. The molecule has 0 aromatic rings. The molecule has 0 aliphatic rings. The Hall–Kier alpha value is -0.130. The van der Waals surface area contributed by atoms with Gasteiger partial charge in [0.25, 0.3) is 10.3 Å². The van der Waals surface area contributed by atoms with Crippen LogP contribution in [-0.4, -0.2) is 37.5 Å². The van der Waals surface area contributed by atoms with Crippen molar-refractivity contribution < 1.29 is 16.9 Å². The van der Waals surface area contributed by atoms with Crippen LogP contribution in [0.5, 0.6) is 0 Å². The lowest BCUT2D eigenvalue weighted by Crippen LogP contribution is -2.45. The van der Waals surface area contributed by atoms with E-state index < -0.39 is 14.2 Å². The summed E-state index contributed by atoms with van der Waals surface area (Å²) in [4.78, 5) is 0. The molecule has 0 atom stereocenters. The van der Waals surface area contributed by atoms with E-state index in [4.69, 9.17) is 0 Å². The standard InChI is InChI=1S/C5H13NO3S/c1-4-5-6(2,3)10(7,8)9/h4-5H2,1-3H3. The quantitative estimate of drug-likeness (QED) is 0.437. The van der Waals surface area contributed by atoms with Crippen molar-refractivity contribution in [2.45, 2.75) is 13.3 Å². The molecular weight excluding hydrogens is 154 g/mol. The Balaban J connectivity index is 4.42. The minimum absolute atomic E-state index is 0.367. The molecule has 0 aliphatic heterocycles. The monoisotopic (exact) mass is 167 g/mol. The van der Waals surface area contributed by atoms with Gasteiger partial charge in [-0.2, -0.15) is 8.42 Å². The van der Waals surface area contributed by atoms with Crippen LogP contribution in [0.4, 0.5) is 0 Å². The van der Waals surface area contributed by atoms with Gasteiger partial charge in [-0.3, -0.25) is 0 Å². The first kappa shape index (κ1) is 9.87. The molecular formula is C5H13NO3S. The summed E-state index contributed by atoms with van der Waals surface area (Å²) in [6.45, 7) is 2.21. The van der Waals surface area contributed by atoms with Gasteiger partial charge >= 0.3 is 0 Å². The van der Waals surface area contributed by atoms with E-state index in [1.165, 1.54) is 14.1 Å². The largest absolute Gasteiger partial charge is 0.702 e. The second kappa shape index (κ2) is 2.86. The molecule has 0 N–H and O–H groups in total. The molecule has 0 fully saturated rings. The van der Waals surface area contributed by atoms with Crippen LogP contribution < -0.4 is 0 Å². The van der Waals surface area contributed by atoms with Crippen molar-refractivity contribution in [2.75, 3.05) is 20.6 Å². The summed E-state index contributed by atoms with van der Waals surface area (Å²) in [5.74, 6) is 0. The number of hydrogen-bond donors (Lipinski definition) is 0. The molecule has 0 heterocycles. The summed E-state index contributed by atoms with van der Waals surface area (Å²) in [5, 5.41) is 0. The third-order valence-corrected chi connectivity index (χ3v) is 2.76. The topological polar surface area (TPSA) is 57.2 Å². The highest BCUT2D eigenvalue weighted by Crippen LogP contribution is 2.05. The van der Waals surface area contributed by atoms with E-state index in [-0.39, 0.29) is 0 Å². The molecule has 0 aromatic heterocycles. The maximum atomic E-state index is 10.5. The summed E-state index contributed by atoms with van der Waals surface area (Å²) in [6, 6.07) is 0. The molecule has 4 nitrogen and oxygen atoms in total. The highest BCUT2D eigenvalue weighted by molar-refractivity contribution is 7.79. The predicted molar refractivity (Wildman–Crippen MR) is 37.0 cm³/mol. The molecule has 0 amide bonds. The molecule has 0 aliphatic carbocycles. The normalized spacial score (nSPS) is 13.6. The van der Waals surface area contributed by atoms with Gasteiger partial charge < -0.3 is 4.55 Å². The van der Waals surface area contributed by atoms with Gasteiger partial charge in [0.1, 0.15) is 0 Å². The summed E-state index contributed by atoms with van der Waals surface area (Å²) in [5.41, 5.74) is 0. The van der Waals surface area contributed by atoms with Crippen molar-refractivity contribution in [1.82, 2.24) is 0 Å². The first-order valence-corrected chi connectivity index (χ1v) is 4.47. The third kappa shape index (κ3) is 2.24. The number of rotatable bonds is 3. The molecule has 62 valence electrons. The molecule has 0 saturated heterocycles. The molecule has 0 spiro atoms. The van der Waals surface area contributed by atoms with E-state index in [1.54, 1.807) is 0 Å². The third-order valence-electron chi connectivity index (χ3n) is 1.37. The van der Waals surface area contributed by atoms with Gasteiger partial charge in [0, 0.05) is 0 Å². The lowest BCUT2D eigenvalue weighted by atomic mass is 10.5. The predicted octanol–water partition coefficient (Wildman–Crippen LogP) is -0.0670. The van der Waals surface area contributed by atoms with Crippen LogP contribution in [0.15, 0.2) is 0 Å². The number of hydrogen-bond acceptors (Lipinski definition) is 3. The molecule has 0 unspecified atom stereocenters. The highest BCUT2D eigenvalue weighted by atomic mass is 32.2. The van der Waals surface area contributed by atoms with Crippen LogP contribution in [0, 0.1) is 0 Å². The Bertz CT molecular complexity index is 195. The first-order chi connectivity index (χ1) is 4.31. The SMILES string of the molecule is CCC[N+](C)(C)S(=O)(=O)[O-]. The smallest absolute Gasteiger partial charge is 0.254 e. The second-order valence-electron chi connectivity index (χ2n) is 2.73. The van der Waals surface area contributed by atoms with Crippen molar-refractivity contribution >= 4 is 10.3 Å². The average molecular weight is 167 g/mol. The fourth-order valence-electron chi connectivity index (χ4n) is 0.650. The van der Waals surface area contributed by atoms with Crippen LogP contribution >= 0.6 is 0 Å². The van der Waals surface area contributed by atoms with Gasteiger partial charge in [0.2, 0.25) is 0 Å². The van der Waals surface area contributed by atoms with Crippen molar-refractivity contribution in [3.8, 4) is 0 Å². The summed E-state index contributed by atoms with van der Waals surface area (Å²) < 4.78 is 30.9. The van der Waals surface area contributed by atoms with E-state index in [0.29, 0.717) is 13.0 Å². The van der Waals surface area contributed by atoms with Gasteiger partial charge in [-0.1, -0.05) is 6.92 Å². The lowest BCUT2D eigenvalue weighted by Gasteiger charge is -2.30. The minimum atomic E-state index is -4.18. The van der Waals surface area contributed by atoms with E-state index in [2.05, 4.69) is 0 Å². The molecule has 0 bridgehead atoms. The lowest BCUT2D eigenvalue weighted by molar-refractivity contribution is -0.767. The Morgan fingerprint density at radius 2 is 1.80 bits per heavy atom. The molecule has 0 saturated carbocycles. The Kier molecular flexibility index (Phi) is 2.82. The van der Waals surface area contributed by atoms with E-state index >= 15 is 0 Å². The van der Waals surface area contributed by atoms with E-state index in [1.807, 2.05) is 6.92 Å². The summed E-state index contributed by atoms with van der Waals surface area (Å²) >= 11 is 0. The number of nitrogens with zero attached hydrogens (tertiary/aromatic N) is 1. The zero-order valence-electron chi connectivity index (χ0n) is 6.49. The van der Waals surface area contributed by atoms with Crippen molar-refractivity contribution in [3.63, 3.8) is 0 Å². The fourth-order valence-corrected chi connectivity index (χ4v) is 1.06. The van der Waals surface area contributed by atoms with Crippen molar-refractivity contribution in [3.05, 3.63) is 0 Å². The molecule has 5 heteroatoms. The zero-order chi connectivity index (χ0) is 8.41. The van der Waals surface area contributed by atoms with Crippen molar-refractivity contribution in [1.29, 1.82) is 0 Å². The fraction of sp³-hybridized carbons (Fsp3) is 1.00. The van der Waals surface area contributed by atoms with Gasteiger partial charge in [0.05, 0.1) is 20.6 Å². The van der Waals surface area contributed by atoms with Crippen LogP contribution in [-0.2, 0) is 10.3 Å². The van der Waals surface area contributed by atoms with Crippen LogP contribution in [0.2, 0.25) is 0 Å². The zero-order valence-corrected chi connectivity index (χ0v) is 7.31. The summed E-state index contributed by atoms with van der Waals surface area (Å²) in [7, 11) is -1.39. The Morgan fingerprint density at radius 1 is 1.40 bits per heavy atom. The van der Waals surface area contributed by atoms with Crippen LogP contribution in [0.3, 0.4) is 0 Å². The Labute approximate surface area is 61.9 Å². The van der Waals surface area contributed by atoms with Crippen LogP contribution in [0.1, 0.15) is 13.3 Å². The molecule has 0 rings (SSSR count). The van der Waals surface area contributed by atoms with Crippen molar-refractivity contribution in [2.24, 2.45) is 0 Å².